The topological polar surface area (TPSA) is 87.1 Å². The second-order valence-corrected chi connectivity index (χ2v) is 5.26. The number of carboxylic acid groups (broad SMARTS) is 1. The number of anilines is 1. The quantitative estimate of drug-likeness (QED) is 0.867. The fraction of sp³-hybridized carbons (Fsp3) is 0.429. The number of aliphatic carboxylic acids is 1. The molecule has 108 valence electrons. The second kappa shape index (κ2) is 4.79. The van der Waals surface area contributed by atoms with Crippen LogP contribution < -0.4 is 9.64 Å². The molecule has 20 heavy (non-hydrogen) atoms. The molecule has 1 aliphatic rings. The minimum Gasteiger partial charge on any atom is -0.480 e. The van der Waals surface area contributed by atoms with Crippen molar-refractivity contribution in [1.82, 2.24) is 0 Å². The number of carbonyl (C=O) groups excluding carboxylic acids is 1. The molecule has 0 bridgehead atoms. The van der Waals surface area contributed by atoms with Gasteiger partial charge in [0.15, 0.2) is 6.10 Å². The Labute approximate surface area is 116 Å². The number of fused-ring (bicyclic) bond motifs is 1. The molecule has 0 radical (unpaired) electrons. The van der Waals surface area contributed by atoms with E-state index in [0.717, 1.165) is 0 Å². The molecule has 6 nitrogen and oxygen atoms in total. The summed E-state index contributed by atoms with van der Waals surface area (Å²) in [5.41, 5.74) is -0.453. The van der Waals surface area contributed by atoms with Gasteiger partial charge >= 0.3 is 5.97 Å². The summed E-state index contributed by atoms with van der Waals surface area (Å²) in [5.74, 6) is -1.09. The Hall–Kier alpha value is -2.08. The Morgan fingerprint density at radius 3 is 2.65 bits per heavy atom. The number of benzene rings is 1. The zero-order chi connectivity index (χ0) is 15.1. The van der Waals surface area contributed by atoms with Gasteiger partial charge in [-0.3, -0.25) is 9.69 Å². The van der Waals surface area contributed by atoms with Gasteiger partial charge in [-0.05, 0) is 38.5 Å². The first-order valence-corrected chi connectivity index (χ1v) is 6.27. The lowest BCUT2D eigenvalue weighted by Crippen LogP contribution is -2.58. The van der Waals surface area contributed by atoms with E-state index >= 15 is 0 Å². The number of amides is 1. The maximum Gasteiger partial charge on any atom is 0.329 e. The van der Waals surface area contributed by atoms with Crippen LogP contribution >= 0.6 is 0 Å². The molecule has 0 aliphatic carbocycles. The van der Waals surface area contributed by atoms with Crippen LogP contribution in [0.1, 0.15) is 26.3 Å². The van der Waals surface area contributed by atoms with Crippen molar-refractivity contribution in [2.24, 2.45) is 0 Å². The fourth-order valence-corrected chi connectivity index (χ4v) is 2.15. The van der Waals surface area contributed by atoms with E-state index in [-0.39, 0.29) is 6.61 Å². The second-order valence-electron chi connectivity index (χ2n) is 5.26. The predicted octanol–water partition coefficient (Wildman–Crippen LogP) is 1.16. The first-order chi connectivity index (χ1) is 9.28. The van der Waals surface area contributed by atoms with Crippen molar-refractivity contribution >= 4 is 17.6 Å². The summed E-state index contributed by atoms with van der Waals surface area (Å²) in [7, 11) is 0. The number of aliphatic hydroxyl groups is 1. The van der Waals surface area contributed by atoms with Crippen molar-refractivity contribution in [2.45, 2.75) is 39.0 Å². The molecule has 0 saturated heterocycles. The average molecular weight is 279 g/mol. The molecule has 6 heteroatoms. The highest BCUT2D eigenvalue weighted by Crippen LogP contribution is 2.39. The van der Waals surface area contributed by atoms with E-state index in [1.807, 2.05) is 0 Å². The van der Waals surface area contributed by atoms with Gasteiger partial charge in [0.25, 0.3) is 5.91 Å². The Kier molecular flexibility index (Phi) is 3.43. The highest BCUT2D eigenvalue weighted by Gasteiger charge is 2.44. The number of rotatable bonds is 3. The number of aliphatic hydroxyl groups excluding tert-OH is 1. The SMILES string of the molecule is CC1Oc2ccc(CO)cc2N(C(C)(C)C(=O)O)C1=O. The maximum atomic E-state index is 12.3. The molecule has 1 amide bonds. The third-order valence-electron chi connectivity index (χ3n) is 3.40. The van der Waals surface area contributed by atoms with Gasteiger partial charge in [0.2, 0.25) is 0 Å². The van der Waals surface area contributed by atoms with E-state index in [0.29, 0.717) is 17.0 Å². The highest BCUT2D eigenvalue weighted by molar-refractivity contribution is 6.05. The first-order valence-electron chi connectivity index (χ1n) is 6.27. The predicted molar refractivity (Wildman–Crippen MR) is 71.7 cm³/mol. The molecule has 1 atom stereocenters. The Balaban J connectivity index is 2.61. The summed E-state index contributed by atoms with van der Waals surface area (Å²) in [6.45, 7) is 4.30. The summed E-state index contributed by atoms with van der Waals surface area (Å²) < 4.78 is 5.48. The van der Waals surface area contributed by atoms with Crippen molar-refractivity contribution in [3.05, 3.63) is 23.8 Å². The van der Waals surface area contributed by atoms with Gasteiger partial charge in [0, 0.05) is 0 Å². The van der Waals surface area contributed by atoms with Crippen LogP contribution in [0.2, 0.25) is 0 Å². The molecule has 2 N–H and O–H groups in total. The molecular weight excluding hydrogens is 262 g/mol. The van der Waals surface area contributed by atoms with Crippen LogP contribution in [0.5, 0.6) is 5.75 Å². The number of hydrogen-bond donors (Lipinski definition) is 2. The molecule has 0 spiro atoms. The van der Waals surface area contributed by atoms with E-state index in [1.54, 1.807) is 25.1 Å². The molecule has 1 aliphatic heterocycles. The molecule has 1 aromatic carbocycles. The van der Waals surface area contributed by atoms with Gasteiger partial charge in [-0.2, -0.15) is 0 Å². The molecule has 1 heterocycles. The van der Waals surface area contributed by atoms with E-state index in [4.69, 9.17) is 4.74 Å². The fourth-order valence-electron chi connectivity index (χ4n) is 2.15. The number of ether oxygens (including phenoxy) is 1. The molecule has 1 aromatic rings. The summed E-state index contributed by atoms with van der Waals surface area (Å²) in [5, 5.41) is 18.6. The minimum absolute atomic E-state index is 0.196. The van der Waals surface area contributed by atoms with Crippen LogP contribution in [0, 0.1) is 0 Å². The van der Waals surface area contributed by atoms with Gasteiger partial charge in [0.1, 0.15) is 11.3 Å². The number of carboxylic acids is 1. The third-order valence-corrected chi connectivity index (χ3v) is 3.40. The van der Waals surface area contributed by atoms with Crippen molar-refractivity contribution in [1.29, 1.82) is 0 Å². The average Bonchev–Trinajstić information content (AvgIpc) is 2.39. The van der Waals surface area contributed by atoms with E-state index in [2.05, 4.69) is 0 Å². The third kappa shape index (κ3) is 2.12. The van der Waals surface area contributed by atoms with Gasteiger partial charge in [-0.25, -0.2) is 4.79 Å². The van der Waals surface area contributed by atoms with Crippen molar-refractivity contribution in [2.75, 3.05) is 4.90 Å². The number of carbonyl (C=O) groups is 2. The van der Waals surface area contributed by atoms with Crippen molar-refractivity contribution in [3.63, 3.8) is 0 Å². The summed E-state index contributed by atoms with van der Waals surface area (Å²) in [6.07, 6.45) is -0.749. The summed E-state index contributed by atoms with van der Waals surface area (Å²) in [4.78, 5) is 25.0. The maximum absolute atomic E-state index is 12.3. The molecule has 2 rings (SSSR count). The van der Waals surface area contributed by atoms with Gasteiger partial charge < -0.3 is 14.9 Å². The number of nitrogens with zero attached hydrogens (tertiary/aromatic N) is 1. The van der Waals surface area contributed by atoms with Crippen LogP contribution in [0.3, 0.4) is 0 Å². The van der Waals surface area contributed by atoms with Crippen molar-refractivity contribution < 1.29 is 24.5 Å². The smallest absolute Gasteiger partial charge is 0.329 e. The van der Waals surface area contributed by atoms with E-state index in [1.165, 1.54) is 18.7 Å². The highest BCUT2D eigenvalue weighted by atomic mass is 16.5. The van der Waals surface area contributed by atoms with Crippen LogP contribution in [0.4, 0.5) is 5.69 Å². The minimum atomic E-state index is -1.40. The lowest BCUT2D eigenvalue weighted by molar-refractivity contribution is -0.145. The van der Waals surface area contributed by atoms with E-state index < -0.39 is 23.5 Å². The molecule has 0 fully saturated rings. The Bertz CT molecular complexity index is 567. The van der Waals surface area contributed by atoms with E-state index in [9.17, 15) is 19.8 Å². The summed E-state index contributed by atoms with van der Waals surface area (Å²) >= 11 is 0. The lowest BCUT2D eigenvalue weighted by atomic mass is 9.98. The standard InChI is InChI=1S/C14H17NO5/c1-8-12(17)15(14(2,3)13(18)19)10-6-9(7-16)4-5-11(10)20-8/h4-6,8,16H,7H2,1-3H3,(H,18,19). The van der Waals surface area contributed by atoms with Crippen LogP contribution in [-0.4, -0.2) is 33.7 Å². The van der Waals surface area contributed by atoms with Crippen molar-refractivity contribution in [3.8, 4) is 5.75 Å². The van der Waals surface area contributed by atoms with Gasteiger partial charge in [0.05, 0.1) is 12.3 Å². The van der Waals surface area contributed by atoms with Gasteiger partial charge in [-0.15, -0.1) is 0 Å². The summed E-state index contributed by atoms with van der Waals surface area (Å²) in [6, 6.07) is 4.88. The van der Waals surface area contributed by atoms with Gasteiger partial charge in [-0.1, -0.05) is 6.07 Å². The largest absolute Gasteiger partial charge is 0.480 e. The zero-order valence-electron chi connectivity index (χ0n) is 11.6. The molecule has 1 unspecified atom stereocenters. The van der Waals surface area contributed by atoms with Crippen LogP contribution in [0.25, 0.3) is 0 Å². The first kappa shape index (κ1) is 14.3. The number of hydrogen-bond acceptors (Lipinski definition) is 4. The van der Waals surface area contributed by atoms with Crippen LogP contribution in [0.15, 0.2) is 18.2 Å². The normalized spacial score (nSPS) is 18.5. The zero-order valence-corrected chi connectivity index (χ0v) is 11.6. The monoisotopic (exact) mass is 279 g/mol. The molecule has 0 aromatic heterocycles. The lowest BCUT2D eigenvalue weighted by Gasteiger charge is -2.40. The molecule has 0 saturated carbocycles. The molecular formula is C14H17NO5. The van der Waals surface area contributed by atoms with Crippen LogP contribution in [-0.2, 0) is 16.2 Å². The Morgan fingerprint density at radius 2 is 2.10 bits per heavy atom. The Morgan fingerprint density at radius 1 is 1.45 bits per heavy atom.